The summed E-state index contributed by atoms with van der Waals surface area (Å²) < 4.78 is 69.6. The van der Waals surface area contributed by atoms with Crippen LogP contribution >= 0.6 is 0 Å². The van der Waals surface area contributed by atoms with Crippen molar-refractivity contribution in [3.63, 3.8) is 0 Å². The Labute approximate surface area is 171 Å². The second kappa shape index (κ2) is 9.44. The van der Waals surface area contributed by atoms with Crippen LogP contribution in [0.1, 0.15) is 5.56 Å². The Morgan fingerprint density at radius 2 is 1.14 bits per heavy atom. The van der Waals surface area contributed by atoms with Gasteiger partial charge in [0, 0.05) is 19.2 Å². The summed E-state index contributed by atoms with van der Waals surface area (Å²) in [5.74, 6) is 1.24. The van der Waals surface area contributed by atoms with Crippen molar-refractivity contribution < 1.29 is 31.0 Å². The molecule has 0 unspecified atom stereocenters. The summed E-state index contributed by atoms with van der Waals surface area (Å²) in [5, 5.41) is 0. The van der Waals surface area contributed by atoms with Crippen molar-refractivity contribution in [2.45, 2.75) is 16.7 Å². The number of ether oxygens (including phenoxy) is 3. The first-order valence-corrected chi connectivity index (χ1v) is 11.5. The van der Waals surface area contributed by atoms with Crippen LogP contribution in [0.5, 0.6) is 17.2 Å². The molecule has 160 valence electrons. The quantitative estimate of drug-likeness (QED) is 0.530. The van der Waals surface area contributed by atoms with Gasteiger partial charge in [-0.05, 0) is 42.8 Å². The molecule has 0 aliphatic carbocycles. The molecule has 2 N–H and O–H groups in total. The number of rotatable bonds is 10. The highest BCUT2D eigenvalue weighted by molar-refractivity contribution is 7.90. The van der Waals surface area contributed by atoms with Gasteiger partial charge in [0.15, 0.2) is 11.5 Å². The molecule has 0 bridgehead atoms. The van der Waals surface area contributed by atoms with Crippen molar-refractivity contribution >= 4 is 20.0 Å². The van der Waals surface area contributed by atoms with Crippen molar-refractivity contribution in [2.75, 3.05) is 34.4 Å². The summed E-state index contributed by atoms with van der Waals surface area (Å²) in [6, 6.07) is 8.63. The average molecular weight is 445 g/mol. The summed E-state index contributed by atoms with van der Waals surface area (Å²) in [5.41, 5.74) is 0.671. The van der Waals surface area contributed by atoms with Gasteiger partial charge in [0.25, 0.3) is 0 Å². The van der Waals surface area contributed by atoms with Crippen LogP contribution in [0.2, 0.25) is 0 Å². The van der Waals surface area contributed by atoms with Gasteiger partial charge in [-0.2, -0.15) is 0 Å². The summed E-state index contributed by atoms with van der Waals surface area (Å²) in [6.07, 6.45) is 0. The second-order valence-corrected chi connectivity index (χ2v) is 9.48. The van der Waals surface area contributed by atoms with Gasteiger partial charge < -0.3 is 14.2 Å². The first kappa shape index (κ1) is 22.9. The molecule has 0 aromatic heterocycles. The van der Waals surface area contributed by atoms with E-state index in [1.165, 1.54) is 51.7 Å². The number of benzene rings is 2. The number of hydrogen-bond acceptors (Lipinski definition) is 7. The standard InChI is InChI=1S/C18H24N2O7S2/c1-13-11-14(5-7-16(13)25-2)28(21,22)19-9-10-20-29(23,24)15-6-8-17(26-3)18(12-15)27-4/h5-8,11-12,19-20H,9-10H2,1-4H3. The lowest BCUT2D eigenvalue weighted by Crippen LogP contribution is -2.34. The number of nitrogens with one attached hydrogen (secondary N) is 2. The van der Waals surface area contributed by atoms with E-state index in [1.807, 2.05) is 0 Å². The van der Waals surface area contributed by atoms with Gasteiger partial charge in [-0.3, -0.25) is 0 Å². The maximum Gasteiger partial charge on any atom is 0.240 e. The smallest absolute Gasteiger partial charge is 0.240 e. The van der Waals surface area contributed by atoms with E-state index in [0.717, 1.165) is 0 Å². The Kier molecular flexibility index (Phi) is 7.47. The molecule has 0 aliphatic rings. The number of methoxy groups -OCH3 is 3. The minimum Gasteiger partial charge on any atom is -0.496 e. The predicted molar refractivity (Wildman–Crippen MR) is 108 cm³/mol. The Morgan fingerprint density at radius 3 is 1.59 bits per heavy atom. The van der Waals surface area contributed by atoms with Crippen LogP contribution in [0.4, 0.5) is 0 Å². The molecule has 2 rings (SSSR count). The van der Waals surface area contributed by atoms with E-state index in [4.69, 9.17) is 14.2 Å². The lowest BCUT2D eigenvalue weighted by atomic mass is 10.2. The summed E-state index contributed by atoms with van der Waals surface area (Å²) in [7, 11) is -3.30. The van der Waals surface area contributed by atoms with E-state index in [9.17, 15) is 16.8 Å². The van der Waals surface area contributed by atoms with Gasteiger partial charge in [-0.1, -0.05) is 0 Å². The SMILES string of the molecule is COc1ccc(S(=O)(=O)NCCNS(=O)(=O)c2ccc(OC)c(OC)c2)cc1C. The topological polar surface area (TPSA) is 120 Å². The van der Waals surface area contributed by atoms with Crippen LogP contribution < -0.4 is 23.7 Å². The second-order valence-electron chi connectivity index (χ2n) is 5.94. The zero-order chi connectivity index (χ0) is 21.7. The monoisotopic (exact) mass is 444 g/mol. The molecule has 11 heteroatoms. The first-order chi connectivity index (χ1) is 13.6. The molecule has 9 nitrogen and oxygen atoms in total. The van der Waals surface area contributed by atoms with E-state index in [2.05, 4.69) is 9.44 Å². The van der Waals surface area contributed by atoms with E-state index >= 15 is 0 Å². The molecule has 2 aromatic carbocycles. The lowest BCUT2D eigenvalue weighted by Gasteiger charge is -2.12. The molecule has 0 radical (unpaired) electrons. The van der Waals surface area contributed by atoms with Crippen molar-refractivity contribution in [1.29, 1.82) is 0 Å². The Balaban J connectivity index is 2.01. The normalized spacial score (nSPS) is 11.9. The highest BCUT2D eigenvalue weighted by Gasteiger charge is 2.18. The Bertz CT molecular complexity index is 1070. The molecule has 0 atom stereocenters. The van der Waals surface area contributed by atoms with Gasteiger partial charge in [-0.15, -0.1) is 0 Å². The molecule has 0 heterocycles. The predicted octanol–water partition coefficient (Wildman–Crippen LogP) is 1.28. The van der Waals surface area contributed by atoms with Gasteiger partial charge in [0.1, 0.15) is 5.75 Å². The highest BCUT2D eigenvalue weighted by atomic mass is 32.2. The van der Waals surface area contributed by atoms with Gasteiger partial charge >= 0.3 is 0 Å². The lowest BCUT2D eigenvalue weighted by molar-refractivity contribution is 0.354. The first-order valence-electron chi connectivity index (χ1n) is 8.50. The fourth-order valence-electron chi connectivity index (χ4n) is 2.54. The van der Waals surface area contributed by atoms with Crippen molar-refractivity contribution in [3.05, 3.63) is 42.0 Å². The Morgan fingerprint density at radius 1 is 0.690 bits per heavy atom. The zero-order valence-electron chi connectivity index (χ0n) is 16.6. The third-order valence-corrected chi connectivity index (χ3v) is 6.97. The molecular formula is C18H24N2O7S2. The maximum atomic E-state index is 12.4. The zero-order valence-corrected chi connectivity index (χ0v) is 18.2. The molecule has 2 aromatic rings. The van der Waals surface area contributed by atoms with Crippen LogP contribution in [0.15, 0.2) is 46.2 Å². The summed E-state index contributed by atoms with van der Waals surface area (Å²) >= 11 is 0. The average Bonchev–Trinajstić information content (AvgIpc) is 2.70. The van der Waals surface area contributed by atoms with Crippen molar-refractivity contribution in [2.24, 2.45) is 0 Å². The van der Waals surface area contributed by atoms with Gasteiger partial charge in [0.05, 0.1) is 31.1 Å². The van der Waals surface area contributed by atoms with E-state index < -0.39 is 20.0 Å². The molecule has 0 fully saturated rings. The van der Waals surface area contributed by atoms with Crippen LogP contribution in [0.3, 0.4) is 0 Å². The molecule has 0 aliphatic heterocycles. The third-order valence-electron chi connectivity index (χ3n) is 4.05. The van der Waals surface area contributed by atoms with Gasteiger partial charge in [0.2, 0.25) is 20.0 Å². The number of aryl methyl sites for hydroxylation is 1. The summed E-state index contributed by atoms with van der Waals surface area (Å²) in [6.45, 7) is 1.47. The highest BCUT2D eigenvalue weighted by Crippen LogP contribution is 2.29. The molecule has 0 amide bonds. The summed E-state index contributed by atoms with van der Waals surface area (Å²) in [4.78, 5) is 0.0438. The van der Waals surface area contributed by atoms with Crippen molar-refractivity contribution in [3.8, 4) is 17.2 Å². The van der Waals surface area contributed by atoms with E-state index in [1.54, 1.807) is 13.0 Å². The van der Waals surface area contributed by atoms with Crippen molar-refractivity contribution in [1.82, 2.24) is 9.44 Å². The van der Waals surface area contributed by atoms with Crippen LogP contribution in [-0.4, -0.2) is 51.3 Å². The van der Waals surface area contributed by atoms with Crippen LogP contribution in [-0.2, 0) is 20.0 Å². The van der Waals surface area contributed by atoms with Crippen LogP contribution in [0, 0.1) is 6.92 Å². The van der Waals surface area contributed by atoms with Gasteiger partial charge in [-0.25, -0.2) is 26.3 Å². The molecular weight excluding hydrogens is 420 g/mol. The molecule has 0 saturated heterocycles. The fraction of sp³-hybridized carbons (Fsp3) is 0.333. The molecule has 0 spiro atoms. The Hall–Kier alpha value is -2.34. The minimum atomic E-state index is -3.85. The maximum absolute atomic E-state index is 12.4. The minimum absolute atomic E-state index is 0.0243. The fourth-order valence-corrected chi connectivity index (χ4v) is 4.70. The third kappa shape index (κ3) is 5.60. The molecule has 29 heavy (non-hydrogen) atoms. The largest absolute Gasteiger partial charge is 0.496 e. The van der Waals surface area contributed by atoms with E-state index in [0.29, 0.717) is 17.1 Å². The van der Waals surface area contributed by atoms with E-state index in [-0.39, 0.29) is 28.6 Å². The number of hydrogen-bond donors (Lipinski definition) is 2. The van der Waals surface area contributed by atoms with Crippen LogP contribution in [0.25, 0.3) is 0 Å². The molecule has 0 saturated carbocycles. The number of sulfonamides is 2.